The molecule has 0 unspecified atom stereocenters. The highest BCUT2D eigenvalue weighted by molar-refractivity contribution is 7.99. The van der Waals surface area contributed by atoms with Gasteiger partial charge in [-0.25, -0.2) is 9.97 Å². The summed E-state index contributed by atoms with van der Waals surface area (Å²) in [6.45, 7) is 0. The number of ether oxygens (including phenoxy) is 2. The first-order chi connectivity index (χ1) is 20.5. The summed E-state index contributed by atoms with van der Waals surface area (Å²) in [4.78, 5) is 22.2. The van der Waals surface area contributed by atoms with Crippen LogP contribution in [0.4, 0.5) is 5.13 Å². The number of nitrogens with zero attached hydrogens (tertiary/aromatic N) is 3. The van der Waals surface area contributed by atoms with Gasteiger partial charge in [-0.15, -0.1) is 23.1 Å². The first kappa shape index (κ1) is 29.1. The smallest absolute Gasteiger partial charge is 0.226 e. The Kier molecular flexibility index (Phi) is 9.39. The minimum absolute atomic E-state index is 0.174. The molecule has 0 spiro atoms. The first-order valence-electron chi connectivity index (χ1n) is 12.9. The first-order valence-corrected chi connectivity index (χ1v) is 15.1. The number of hydrogen-bond acceptors (Lipinski definition) is 8. The second-order valence-corrected chi connectivity index (χ2v) is 11.3. The lowest BCUT2D eigenvalue weighted by molar-refractivity contribution is -0.115. The predicted octanol–water partition coefficient (Wildman–Crippen LogP) is 8.20. The van der Waals surface area contributed by atoms with Crippen molar-refractivity contribution in [2.45, 2.75) is 11.4 Å². The van der Waals surface area contributed by atoms with E-state index in [0.717, 1.165) is 16.8 Å². The van der Waals surface area contributed by atoms with Crippen LogP contribution in [0.5, 0.6) is 11.5 Å². The Labute approximate surface area is 257 Å². The monoisotopic (exact) mass is 612 g/mol. The molecule has 5 rings (SSSR count). The third-order valence-corrected chi connectivity index (χ3v) is 8.31. The van der Waals surface area contributed by atoms with Crippen LogP contribution in [0, 0.1) is 11.3 Å². The van der Waals surface area contributed by atoms with E-state index in [2.05, 4.69) is 16.4 Å². The summed E-state index contributed by atoms with van der Waals surface area (Å²) >= 11 is 8.70. The van der Waals surface area contributed by atoms with Crippen molar-refractivity contribution in [1.82, 2.24) is 9.97 Å². The summed E-state index contributed by atoms with van der Waals surface area (Å²) in [6.07, 6.45) is 0.209. The van der Waals surface area contributed by atoms with Crippen LogP contribution in [0.15, 0.2) is 89.3 Å². The highest BCUT2D eigenvalue weighted by atomic mass is 35.5. The van der Waals surface area contributed by atoms with Gasteiger partial charge in [0.05, 0.1) is 31.2 Å². The molecule has 0 bridgehead atoms. The van der Waals surface area contributed by atoms with E-state index in [0.29, 0.717) is 54.8 Å². The molecule has 2 aromatic heterocycles. The zero-order valence-corrected chi connectivity index (χ0v) is 25.1. The lowest BCUT2D eigenvalue weighted by Crippen LogP contribution is -2.12. The van der Waals surface area contributed by atoms with Crippen molar-refractivity contribution in [2.75, 3.05) is 25.3 Å². The fourth-order valence-corrected chi connectivity index (χ4v) is 6.04. The van der Waals surface area contributed by atoms with Crippen LogP contribution in [0.1, 0.15) is 12.0 Å². The normalized spacial score (nSPS) is 10.6. The van der Waals surface area contributed by atoms with Crippen molar-refractivity contribution in [3.8, 4) is 51.2 Å². The lowest BCUT2D eigenvalue weighted by atomic mass is 9.98. The summed E-state index contributed by atoms with van der Waals surface area (Å²) < 4.78 is 11.1. The van der Waals surface area contributed by atoms with E-state index in [-0.39, 0.29) is 12.3 Å². The maximum absolute atomic E-state index is 12.8. The van der Waals surface area contributed by atoms with Crippen molar-refractivity contribution >= 4 is 45.7 Å². The zero-order chi connectivity index (χ0) is 29.5. The van der Waals surface area contributed by atoms with Crippen molar-refractivity contribution < 1.29 is 14.3 Å². The highest BCUT2D eigenvalue weighted by Gasteiger charge is 2.20. The number of amides is 1. The largest absolute Gasteiger partial charge is 0.497 e. The van der Waals surface area contributed by atoms with Crippen LogP contribution in [0.3, 0.4) is 0 Å². The number of pyridine rings is 1. The Balaban J connectivity index is 1.38. The van der Waals surface area contributed by atoms with Crippen LogP contribution in [0.2, 0.25) is 5.02 Å². The summed E-state index contributed by atoms with van der Waals surface area (Å²) in [5, 5.41) is 16.7. The number of halogens is 1. The Bertz CT molecular complexity index is 1750. The average Bonchev–Trinajstić information content (AvgIpc) is 3.49. The van der Waals surface area contributed by atoms with Gasteiger partial charge in [-0.2, -0.15) is 5.26 Å². The maximum atomic E-state index is 12.8. The van der Waals surface area contributed by atoms with Gasteiger partial charge in [-0.1, -0.05) is 54.1 Å². The van der Waals surface area contributed by atoms with Gasteiger partial charge in [-0.05, 0) is 36.4 Å². The number of thioether (sulfide) groups is 1. The van der Waals surface area contributed by atoms with Crippen molar-refractivity contribution in [2.24, 2.45) is 0 Å². The topological polar surface area (TPSA) is 97.1 Å². The van der Waals surface area contributed by atoms with Crippen molar-refractivity contribution in [3.63, 3.8) is 0 Å². The van der Waals surface area contributed by atoms with Gasteiger partial charge in [0.1, 0.15) is 22.6 Å². The third kappa shape index (κ3) is 6.74. The summed E-state index contributed by atoms with van der Waals surface area (Å²) in [6, 6.07) is 26.8. The average molecular weight is 613 g/mol. The molecule has 210 valence electrons. The van der Waals surface area contributed by atoms with Gasteiger partial charge in [0.2, 0.25) is 5.91 Å². The zero-order valence-electron chi connectivity index (χ0n) is 22.8. The number of anilines is 1. The van der Waals surface area contributed by atoms with Gasteiger partial charge in [-0.3, -0.25) is 4.79 Å². The second-order valence-electron chi connectivity index (χ2n) is 8.97. The quantitative estimate of drug-likeness (QED) is 0.159. The Morgan fingerprint density at radius 3 is 2.43 bits per heavy atom. The molecule has 2 heterocycles. The molecule has 1 amide bonds. The van der Waals surface area contributed by atoms with Crippen LogP contribution < -0.4 is 14.8 Å². The lowest BCUT2D eigenvalue weighted by Gasteiger charge is -2.15. The molecular weight excluding hydrogens is 588 g/mol. The van der Waals surface area contributed by atoms with Gasteiger partial charge < -0.3 is 14.8 Å². The van der Waals surface area contributed by atoms with E-state index in [1.807, 2.05) is 72.1 Å². The third-order valence-electron chi connectivity index (χ3n) is 6.32. The summed E-state index contributed by atoms with van der Waals surface area (Å²) in [7, 11) is 3.18. The standard InChI is InChI=1S/C32H25ClN4O3S2/c1-39-23-12-13-29(40-2)25(16-23)24-17-27(20-6-4-3-5-7-20)35-31(26(24)18-34)41-15-14-30(38)37-32-36-28(19-42-32)21-8-10-22(33)11-9-21/h3-13,16-17,19H,14-15H2,1-2H3,(H,36,37,38). The highest BCUT2D eigenvalue weighted by Crippen LogP contribution is 2.40. The summed E-state index contributed by atoms with van der Waals surface area (Å²) in [5.41, 5.74) is 5.09. The van der Waals surface area contributed by atoms with E-state index < -0.39 is 0 Å². The molecule has 0 fully saturated rings. The molecule has 0 atom stereocenters. The van der Waals surface area contributed by atoms with Gasteiger partial charge in [0, 0.05) is 44.8 Å². The van der Waals surface area contributed by atoms with Crippen LogP contribution >= 0.6 is 34.7 Å². The van der Waals surface area contributed by atoms with Gasteiger partial charge in [0.15, 0.2) is 5.13 Å². The molecule has 0 aliphatic carbocycles. The number of thiazole rings is 1. The van der Waals surface area contributed by atoms with Crippen molar-refractivity contribution in [1.29, 1.82) is 5.26 Å². The molecule has 10 heteroatoms. The van der Waals surface area contributed by atoms with E-state index in [9.17, 15) is 10.1 Å². The van der Waals surface area contributed by atoms with Gasteiger partial charge in [0.25, 0.3) is 0 Å². The number of benzene rings is 3. The fraction of sp³-hybridized carbons (Fsp3) is 0.125. The number of rotatable bonds is 10. The maximum Gasteiger partial charge on any atom is 0.226 e. The second kappa shape index (κ2) is 13.5. The molecule has 1 N–H and O–H groups in total. The molecule has 0 radical (unpaired) electrons. The number of hydrogen-bond donors (Lipinski definition) is 1. The van der Waals surface area contributed by atoms with Crippen molar-refractivity contribution in [3.05, 3.63) is 94.8 Å². The van der Waals surface area contributed by atoms with Gasteiger partial charge >= 0.3 is 0 Å². The summed E-state index contributed by atoms with van der Waals surface area (Å²) in [5.74, 6) is 1.48. The molecule has 5 aromatic rings. The van der Waals surface area contributed by atoms with E-state index in [1.165, 1.54) is 23.1 Å². The number of carbonyl (C=O) groups excluding carboxylic acids is 1. The number of aromatic nitrogens is 2. The predicted molar refractivity (Wildman–Crippen MR) is 169 cm³/mol. The minimum Gasteiger partial charge on any atom is -0.497 e. The molecule has 0 saturated heterocycles. The number of nitriles is 1. The van der Waals surface area contributed by atoms with E-state index >= 15 is 0 Å². The molecule has 0 saturated carbocycles. The molecule has 42 heavy (non-hydrogen) atoms. The molecule has 7 nitrogen and oxygen atoms in total. The molecule has 0 aliphatic rings. The molecule has 3 aromatic carbocycles. The molecular formula is C32H25ClN4O3S2. The Morgan fingerprint density at radius 2 is 1.71 bits per heavy atom. The number of carbonyl (C=O) groups is 1. The molecule has 0 aliphatic heterocycles. The Morgan fingerprint density at radius 1 is 0.952 bits per heavy atom. The van der Waals surface area contributed by atoms with E-state index in [4.69, 9.17) is 26.1 Å². The fourth-order valence-electron chi connectivity index (χ4n) is 4.23. The number of methoxy groups -OCH3 is 2. The van der Waals surface area contributed by atoms with Crippen LogP contribution in [-0.4, -0.2) is 35.8 Å². The van der Waals surface area contributed by atoms with E-state index in [1.54, 1.807) is 26.4 Å². The van der Waals surface area contributed by atoms with Crippen LogP contribution in [0.25, 0.3) is 33.6 Å². The van der Waals surface area contributed by atoms with Crippen LogP contribution in [-0.2, 0) is 4.79 Å². The SMILES string of the molecule is COc1ccc(OC)c(-c2cc(-c3ccccc3)nc(SCCC(=O)Nc3nc(-c4ccc(Cl)cc4)cs3)c2C#N)c1. The Hall–Kier alpha value is -4.36. The minimum atomic E-state index is -0.174. The number of nitrogens with one attached hydrogen (secondary N) is 1.